The molecule has 3 rings (SSSR count). The van der Waals surface area contributed by atoms with Crippen LogP contribution in [-0.4, -0.2) is 48.9 Å². The summed E-state index contributed by atoms with van der Waals surface area (Å²) in [6.45, 7) is 5.37. The van der Waals surface area contributed by atoms with Gasteiger partial charge in [0.05, 0.1) is 25.0 Å². The molecule has 0 saturated carbocycles. The van der Waals surface area contributed by atoms with Gasteiger partial charge in [0.25, 0.3) is 0 Å². The summed E-state index contributed by atoms with van der Waals surface area (Å²) in [6, 6.07) is 3.69. The summed E-state index contributed by atoms with van der Waals surface area (Å²) in [7, 11) is 0. The molecule has 26 heavy (non-hydrogen) atoms. The quantitative estimate of drug-likeness (QED) is 0.657. The Bertz CT molecular complexity index is 857. The van der Waals surface area contributed by atoms with Gasteiger partial charge in [-0.1, -0.05) is 5.21 Å². The average molecular weight is 354 g/mol. The number of carbonyl (C=O) groups excluding carboxylic acids is 1. The highest BCUT2D eigenvalue weighted by Gasteiger charge is 2.24. The van der Waals surface area contributed by atoms with Crippen LogP contribution in [-0.2, 0) is 11.3 Å². The second-order valence-corrected chi connectivity index (χ2v) is 5.87. The Hall–Kier alpha value is -3.07. The molecule has 9 heteroatoms. The standard InChI is InChI=1S/C17H22N8O/c1-3-25(17(26)12(2)14-9-19-11-21-14)16-8-13(4-6-20-16)15-10-24(7-5-18)23-22-15/h4,6,8-12H,3,5,7,18H2,1-2H3,(H,19,21). The van der Waals surface area contributed by atoms with Gasteiger partial charge in [0.15, 0.2) is 0 Å². The van der Waals surface area contributed by atoms with Gasteiger partial charge < -0.3 is 10.7 Å². The smallest absolute Gasteiger partial charge is 0.236 e. The zero-order valence-electron chi connectivity index (χ0n) is 14.8. The summed E-state index contributed by atoms with van der Waals surface area (Å²) in [5, 5.41) is 8.21. The molecule has 0 spiro atoms. The van der Waals surface area contributed by atoms with Crippen LogP contribution in [0.25, 0.3) is 11.3 Å². The molecule has 1 amide bonds. The van der Waals surface area contributed by atoms with Crippen molar-refractivity contribution in [2.75, 3.05) is 18.0 Å². The number of H-pyrrole nitrogens is 1. The van der Waals surface area contributed by atoms with E-state index in [-0.39, 0.29) is 11.8 Å². The molecule has 3 N–H and O–H groups in total. The number of hydrogen-bond donors (Lipinski definition) is 2. The lowest BCUT2D eigenvalue weighted by Crippen LogP contribution is -2.34. The highest BCUT2D eigenvalue weighted by Crippen LogP contribution is 2.24. The molecule has 0 aliphatic heterocycles. The lowest BCUT2D eigenvalue weighted by Gasteiger charge is -2.23. The molecule has 3 aromatic heterocycles. The van der Waals surface area contributed by atoms with Crippen LogP contribution >= 0.6 is 0 Å². The fraction of sp³-hybridized carbons (Fsp3) is 0.353. The SMILES string of the molecule is CCN(C(=O)C(C)c1cnc[nH]1)c1cc(-c2cn(CCN)nn2)ccn1. The molecular formula is C17H22N8O. The zero-order valence-corrected chi connectivity index (χ0v) is 14.8. The number of pyridine rings is 1. The van der Waals surface area contributed by atoms with Crippen LogP contribution in [0.4, 0.5) is 5.82 Å². The highest BCUT2D eigenvalue weighted by atomic mass is 16.2. The highest BCUT2D eigenvalue weighted by molar-refractivity contribution is 5.97. The van der Waals surface area contributed by atoms with Crippen LogP contribution in [0.15, 0.2) is 37.1 Å². The molecule has 136 valence electrons. The fourth-order valence-electron chi connectivity index (χ4n) is 2.70. The van der Waals surface area contributed by atoms with Crippen LogP contribution in [0.2, 0.25) is 0 Å². The van der Waals surface area contributed by atoms with E-state index in [0.717, 1.165) is 11.3 Å². The van der Waals surface area contributed by atoms with Gasteiger partial charge in [-0.25, -0.2) is 9.97 Å². The first-order valence-electron chi connectivity index (χ1n) is 8.50. The first-order valence-corrected chi connectivity index (χ1v) is 8.50. The minimum absolute atomic E-state index is 0.0480. The lowest BCUT2D eigenvalue weighted by atomic mass is 10.1. The van der Waals surface area contributed by atoms with Crippen molar-refractivity contribution >= 4 is 11.7 Å². The van der Waals surface area contributed by atoms with E-state index in [2.05, 4.69) is 25.3 Å². The molecule has 1 atom stereocenters. The van der Waals surface area contributed by atoms with Crippen molar-refractivity contribution in [3.05, 3.63) is 42.7 Å². The largest absolute Gasteiger partial charge is 0.348 e. The van der Waals surface area contributed by atoms with Gasteiger partial charge in [-0.2, -0.15) is 0 Å². The summed E-state index contributed by atoms with van der Waals surface area (Å²) < 4.78 is 1.69. The van der Waals surface area contributed by atoms with Gasteiger partial charge in [0.1, 0.15) is 11.5 Å². The number of imidazole rings is 1. The number of amides is 1. The summed E-state index contributed by atoms with van der Waals surface area (Å²) in [6.07, 6.45) is 6.73. The van der Waals surface area contributed by atoms with E-state index in [1.54, 1.807) is 28.3 Å². The zero-order chi connectivity index (χ0) is 18.5. The van der Waals surface area contributed by atoms with Gasteiger partial charge >= 0.3 is 0 Å². The molecule has 0 aliphatic rings. The molecule has 0 aromatic carbocycles. The molecule has 3 aromatic rings. The Labute approximate surface area is 151 Å². The van der Waals surface area contributed by atoms with Gasteiger partial charge in [0, 0.05) is 36.7 Å². The number of aromatic amines is 1. The van der Waals surface area contributed by atoms with Crippen LogP contribution in [0, 0.1) is 0 Å². The van der Waals surface area contributed by atoms with Crippen molar-refractivity contribution in [1.29, 1.82) is 0 Å². The Balaban J connectivity index is 1.85. The van der Waals surface area contributed by atoms with Crippen LogP contribution in [0.3, 0.4) is 0 Å². The molecule has 9 nitrogen and oxygen atoms in total. The van der Waals surface area contributed by atoms with Crippen LogP contribution in [0.1, 0.15) is 25.5 Å². The normalized spacial score (nSPS) is 12.1. The Kier molecular flexibility index (Phi) is 5.37. The Morgan fingerprint density at radius 2 is 2.31 bits per heavy atom. The topological polar surface area (TPSA) is 119 Å². The van der Waals surface area contributed by atoms with Crippen molar-refractivity contribution < 1.29 is 4.79 Å². The Morgan fingerprint density at radius 1 is 1.46 bits per heavy atom. The molecular weight excluding hydrogens is 332 g/mol. The lowest BCUT2D eigenvalue weighted by molar-refractivity contribution is -0.119. The minimum atomic E-state index is -0.340. The van der Waals surface area contributed by atoms with Crippen molar-refractivity contribution in [3.63, 3.8) is 0 Å². The summed E-state index contributed by atoms with van der Waals surface area (Å²) in [5.74, 6) is 0.191. The number of carbonyl (C=O) groups is 1. The van der Waals surface area contributed by atoms with Crippen molar-refractivity contribution in [2.45, 2.75) is 26.3 Å². The summed E-state index contributed by atoms with van der Waals surface area (Å²) in [5.41, 5.74) is 7.88. The maximum atomic E-state index is 12.9. The van der Waals surface area contributed by atoms with E-state index < -0.39 is 0 Å². The first kappa shape index (κ1) is 17.7. The van der Waals surface area contributed by atoms with E-state index in [1.165, 1.54) is 0 Å². The van der Waals surface area contributed by atoms with E-state index in [1.807, 2.05) is 32.2 Å². The average Bonchev–Trinajstić information content (AvgIpc) is 3.34. The monoisotopic (exact) mass is 354 g/mol. The maximum Gasteiger partial charge on any atom is 0.236 e. The number of rotatable bonds is 7. The second-order valence-electron chi connectivity index (χ2n) is 5.87. The minimum Gasteiger partial charge on any atom is -0.348 e. The number of nitrogens with zero attached hydrogens (tertiary/aromatic N) is 6. The van der Waals surface area contributed by atoms with Gasteiger partial charge in [-0.15, -0.1) is 5.10 Å². The van der Waals surface area contributed by atoms with E-state index >= 15 is 0 Å². The molecule has 3 heterocycles. The van der Waals surface area contributed by atoms with Crippen molar-refractivity contribution in [2.24, 2.45) is 5.73 Å². The number of anilines is 1. The van der Waals surface area contributed by atoms with E-state index in [4.69, 9.17) is 5.73 Å². The third-order valence-electron chi connectivity index (χ3n) is 4.15. The number of aromatic nitrogens is 6. The van der Waals surface area contributed by atoms with Gasteiger partial charge in [0.2, 0.25) is 5.91 Å². The van der Waals surface area contributed by atoms with Gasteiger partial charge in [-0.05, 0) is 26.0 Å². The second kappa shape index (κ2) is 7.87. The molecule has 0 aliphatic carbocycles. The number of nitrogens with two attached hydrogens (primary N) is 1. The summed E-state index contributed by atoms with van der Waals surface area (Å²) >= 11 is 0. The summed E-state index contributed by atoms with van der Waals surface area (Å²) in [4.78, 5) is 25.9. The maximum absolute atomic E-state index is 12.9. The van der Waals surface area contributed by atoms with Crippen LogP contribution in [0.5, 0.6) is 0 Å². The van der Waals surface area contributed by atoms with Crippen LogP contribution < -0.4 is 10.6 Å². The molecule has 0 radical (unpaired) electrons. The van der Waals surface area contributed by atoms with E-state index in [0.29, 0.717) is 31.1 Å². The van der Waals surface area contributed by atoms with E-state index in [9.17, 15) is 4.79 Å². The molecule has 0 saturated heterocycles. The number of likely N-dealkylation sites (N-methyl/N-ethyl adjacent to an activating group) is 1. The van der Waals surface area contributed by atoms with Gasteiger partial charge in [-0.3, -0.25) is 14.4 Å². The molecule has 0 bridgehead atoms. The fourth-order valence-corrected chi connectivity index (χ4v) is 2.70. The third kappa shape index (κ3) is 3.62. The molecule has 0 fully saturated rings. The van der Waals surface area contributed by atoms with Crippen molar-refractivity contribution in [3.8, 4) is 11.3 Å². The molecule has 1 unspecified atom stereocenters. The predicted molar refractivity (Wildman–Crippen MR) is 97.3 cm³/mol. The number of hydrogen-bond acceptors (Lipinski definition) is 6. The van der Waals surface area contributed by atoms with Crippen molar-refractivity contribution in [1.82, 2.24) is 29.9 Å². The number of nitrogens with one attached hydrogen (secondary N) is 1. The third-order valence-corrected chi connectivity index (χ3v) is 4.15. The predicted octanol–water partition coefficient (Wildman–Crippen LogP) is 1.18. The Morgan fingerprint density at radius 3 is 3.00 bits per heavy atom. The first-order chi connectivity index (χ1) is 12.6.